The van der Waals surface area contributed by atoms with Crippen LogP contribution in [-0.4, -0.2) is 19.2 Å². The Morgan fingerprint density at radius 2 is 1.70 bits per heavy atom. The maximum absolute atomic E-state index is 5.41. The molecular formula is C17H15NO2. The summed E-state index contributed by atoms with van der Waals surface area (Å²) in [6.45, 7) is 0. The Labute approximate surface area is 117 Å². The lowest BCUT2D eigenvalue weighted by molar-refractivity contribution is 0.415. The summed E-state index contributed by atoms with van der Waals surface area (Å²) in [6.07, 6.45) is 1.81. The van der Waals surface area contributed by atoms with Gasteiger partial charge >= 0.3 is 0 Å². The molecule has 1 aromatic heterocycles. The van der Waals surface area contributed by atoms with E-state index >= 15 is 0 Å². The van der Waals surface area contributed by atoms with E-state index in [1.807, 2.05) is 42.5 Å². The summed E-state index contributed by atoms with van der Waals surface area (Å²) in [4.78, 5) is 4.52. The first-order valence-corrected chi connectivity index (χ1v) is 6.39. The third-order valence-electron chi connectivity index (χ3n) is 3.33. The molecule has 0 unspecified atom stereocenters. The Kier molecular flexibility index (Phi) is 3.25. The van der Waals surface area contributed by atoms with Crippen LogP contribution in [-0.2, 0) is 0 Å². The molecule has 0 aliphatic heterocycles. The van der Waals surface area contributed by atoms with Crippen molar-refractivity contribution in [3.05, 3.63) is 54.7 Å². The number of methoxy groups -OCH3 is 2. The van der Waals surface area contributed by atoms with Crippen LogP contribution in [0.2, 0.25) is 0 Å². The summed E-state index contributed by atoms with van der Waals surface area (Å²) in [5.74, 6) is 1.68. The lowest BCUT2D eigenvalue weighted by Crippen LogP contribution is -1.90. The lowest BCUT2D eigenvalue weighted by Gasteiger charge is -2.10. The molecule has 2 aromatic carbocycles. The first-order chi connectivity index (χ1) is 9.83. The van der Waals surface area contributed by atoms with Gasteiger partial charge in [0, 0.05) is 22.5 Å². The average Bonchev–Trinajstić information content (AvgIpc) is 2.53. The molecule has 0 bridgehead atoms. The van der Waals surface area contributed by atoms with Crippen molar-refractivity contribution in [1.82, 2.24) is 4.98 Å². The van der Waals surface area contributed by atoms with Crippen molar-refractivity contribution >= 4 is 10.8 Å². The standard InChI is InChI=1S/C17H15NO2/c1-19-13-6-3-5-12(11-13)17-15-7-4-8-16(20-2)14(15)9-10-18-17/h3-11H,1-2H3. The molecule has 0 atom stereocenters. The summed E-state index contributed by atoms with van der Waals surface area (Å²) in [5, 5.41) is 2.13. The number of hydrogen-bond acceptors (Lipinski definition) is 3. The fourth-order valence-corrected chi connectivity index (χ4v) is 2.36. The van der Waals surface area contributed by atoms with Crippen LogP contribution in [0.15, 0.2) is 54.7 Å². The van der Waals surface area contributed by atoms with Crippen LogP contribution in [0.25, 0.3) is 22.0 Å². The van der Waals surface area contributed by atoms with Gasteiger partial charge in [-0.3, -0.25) is 4.98 Å². The van der Waals surface area contributed by atoms with Crippen molar-refractivity contribution in [2.24, 2.45) is 0 Å². The van der Waals surface area contributed by atoms with Gasteiger partial charge in [0.05, 0.1) is 19.9 Å². The fraction of sp³-hybridized carbons (Fsp3) is 0.118. The Hall–Kier alpha value is -2.55. The largest absolute Gasteiger partial charge is 0.497 e. The van der Waals surface area contributed by atoms with Gasteiger partial charge in [-0.05, 0) is 24.3 Å². The van der Waals surface area contributed by atoms with E-state index in [2.05, 4.69) is 11.1 Å². The molecule has 3 rings (SSSR count). The molecule has 0 saturated heterocycles. The average molecular weight is 265 g/mol. The van der Waals surface area contributed by atoms with Gasteiger partial charge in [0.1, 0.15) is 11.5 Å². The molecule has 0 fully saturated rings. The van der Waals surface area contributed by atoms with E-state index in [1.54, 1.807) is 20.4 Å². The summed E-state index contributed by atoms with van der Waals surface area (Å²) in [6, 6.07) is 15.9. The van der Waals surface area contributed by atoms with Gasteiger partial charge < -0.3 is 9.47 Å². The van der Waals surface area contributed by atoms with Gasteiger partial charge in [0.2, 0.25) is 0 Å². The first kappa shape index (κ1) is 12.5. The number of nitrogens with zero attached hydrogens (tertiary/aromatic N) is 1. The molecule has 0 amide bonds. The number of fused-ring (bicyclic) bond motifs is 1. The predicted molar refractivity (Wildman–Crippen MR) is 80.3 cm³/mol. The third-order valence-corrected chi connectivity index (χ3v) is 3.33. The lowest BCUT2D eigenvalue weighted by atomic mass is 10.0. The quantitative estimate of drug-likeness (QED) is 0.719. The van der Waals surface area contributed by atoms with E-state index in [9.17, 15) is 0 Å². The van der Waals surface area contributed by atoms with Crippen LogP contribution in [0.3, 0.4) is 0 Å². The Balaban J connectivity index is 2.25. The Bertz CT molecular complexity index is 753. The van der Waals surface area contributed by atoms with Crippen molar-refractivity contribution in [2.75, 3.05) is 14.2 Å². The van der Waals surface area contributed by atoms with Crippen molar-refractivity contribution in [3.8, 4) is 22.8 Å². The minimum absolute atomic E-state index is 0.823. The number of aromatic nitrogens is 1. The zero-order valence-corrected chi connectivity index (χ0v) is 11.5. The monoisotopic (exact) mass is 265 g/mol. The maximum atomic E-state index is 5.41. The number of pyridine rings is 1. The third kappa shape index (κ3) is 2.07. The van der Waals surface area contributed by atoms with E-state index in [0.29, 0.717) is 0 Å². The van der Waals surface area contributed by atoms with Gasteiger partial charge in [0.25, 0.3) is 0 Å². The van der Waals surface area contributed by atoms with Crippen molar-refractivity contribution < 1.29 is 9.47 Å². The summed E-state index contributed by atoms with van der Waals surface area (Å²) in [5.41, 5.74) is 1.96. The highest BCUT2D eigenvalue weighted by Gasteiger charge is 2.08. The van der Waals surface area contributed by atoms with Gasteiger partial charge in [-0.25, -0.2) is 0 Å². The molecule has 0 aliphatic carbocycles. The summed E-state index contributed by atoms with van der Waals surface area (Å²) < 4.78 is 10.7. The Morgan fingerprint density at radius 1 is 0.850 bits per heavy atom. The maximum Gasteiger partial charge on any atom is 0.126 e. The van der Waals surface area contributed by atoms with Crippen molar-refractivity contribution in [2.45, 2.75) is 0 Å². The second-order valence-electron chi connectivity index (χ2n) is 4.45. The summed E-state index contributed by atoms with van der Waals surface area (Å²) in [7, 11) is 3.35. The molecule has 1 heterocycles. The van der Waals surface area contributed by atoms with Crippen molar-refractivity contribution in [3.63, 3.8) is 0 Å². The van der Waals surface area contributed by atoms with Gasteiger partial charge in [-0.2, -0.15) is 0 Å². The molecule has 0 radical (unpaired) electrons. The fourth-order valence-electron chi connectivity index (χ4n) is 2.36. The van der Waals surface area contributed by atoms with Crippen LogP contribution in [0.4, 0.5) is 0 Å². The highest BCUT2D eigenvalue weighted by atomic mass is 16.5. The van der Waals surface area contributed by atoms with Crippen LogP contribution in [0.5, 0.6) is 11.5 Å². The van der Waals surface area contributed by atoms with Gasteiger partial charge in [-0.1, -0.05) is 24.3 Å². The predicted octanol–water partition coefficient (Wildman–Crippen LogP) is 3.92. The minimum Gasteiger partial charge on any atom is -0.497 e. The molecule has 0 N–H and O–H groups in total. The zero-order chi connectivity index (χ0) is 13.9. The van der Waals surface area contributed by atoms with Crippen LogP contribution < -0.4 is 9.47 Å². The van der Waals surface area contributed by atoms with Crippen LogP contribution >= 0.6 is 0 Å². The number of benzene rings is 2. The molecule has 3 nitrogen and oxygen atoms in total. The van der Waals surface area contributed by atoms with E-state index in [1.165, 1.54) is 0 Å². The molecule has 20 heavy (non-hydrogen) atoms. The highest BCUT2D eigenvalue weighted by molar-refractivity contribution is 5.98. The number of rotatable bonds is 3. The molecular weight excluding hydrogens is 250 g/mol. The Morgan fingerprint density at radius 3 is 2.50 bits per heavy atom. The molecule has 0 saturated carbocycles. The molecule has 3 aromatic rings. The smallest absolute Gasteiger partial charge is 0.126 e. The minimum atomic E-state index is 0.823. The van der Waals surface area contributed by atoms with E-state index in [0.717, 1.165) is 33.5 Å². The number of ether oxygens (including phenoxy) is 2. The van der Waals surface area contributed by atoms with E-state index in [-0.39, 0.29) is 0 Å². The van der Waals surface area contributed by atoms with Crippen LogP contribution in [0.1, 0.15) is 0 Å². The molecule has 0 aliphatic rings. The topological polar surface area (TPSA) is 31.4 Å². The van der Waals surface area contributed by atoms with Gasteiger partial charge in [-0.15, -0.1) is 0 Å². The first-order valence-electron chi connectivity index (χ1n) is 6.39. The van der Waals surface area contributed by atoms with Crippen molar-refractivity contribution in [1.29, 1.82) is 0 Å². The number of hydrogen-bond donors (Lipinski definition) is 0. The second kappa shape index (κ2) is 5.21. The SMILES string of the molecule is COc1cccc(-c2nccc3c(OC)cccc23)c1. The molecule has 100 valence electrons. The highest BCUT2D eigenvalue weighted by Crippen LogP contribution is 2.32. The van der Waals surface area contributed by atoms with E-state index < -0.39 is 0 Å². The zero-order valence-electron chi connectivity index (χ0n) is 11.5. The normalized spacial score (nSPS) is 10.5. The van der Waals surface area contributed by atoms with Crippen LogP contribution in [0, 0.1) is 0 Å². The van der Waals surface area contributed by atoms with E-state index in [4.69, 9.17) is 9.47 Å². The second-order valence-corrected chi connectivity index (χ2v) is 4.45. The molecule has 3 heteroatoms. The summed E-state index contributed by atoms with van der Waals surface area (Å²) >= 11 is 0. The molecule has 0 spiro atoms. The van der Waals surface area contributed by atoms with Gasteiger partial charge in [0.15, 0.2) is 0 Å².